The van der Waals surface area contributed by atoms with Gasteiger partial charge in [0.1, 0.15) is 0 Å². The molecule has 1 aliphatic rings. The van der Waals surface area contributed by atoms with E-state index >= 15 is 0 Å². The molecule has 0 unspecified atom stereocenters. The van der Waals surface area contributed by atoms with Crippen LogP contribution in [-0.2, 0) is 6.54 Å². The summed E-state index contributed by atoms with van der Waals surface area (Å²) in [5.41, 5.74) is 7.48. The molecular formula is C16H18ClIN4O2. The van der Waals surface area contributed by atoms with E-state index in [9.17, 15) is 0 Å². The molecule has 24 heavy (non-hydrogen) atoms. The number of halogens is 2. The number of pyridine rings is 1. The third kappa shape index (κ3) is 5.13. The number of nitrogens with two attached hydrogens (primary N) is 1. The first-order valence-electron chi connectivity index (χ1n) is 7.28. The molecule has 3 rings (SSSR count). The number of ether oxygens (including phenoxy) is 2. The number of guanidine groups is 1. The van der Waals surface area contributed by atoms with Gasteiger partial charge >= 0.3 is 0 Å². The normalized spacial score (nSPS) is 13.6. The van der Waals surface area contributed by atoms with Crippen molar-refractivity contribution in [1.29, 1.82) is 0 Å². The first-order valence-corrected chi connectivity index (χ1v) is 7.65. The Morgan fingerprint density at radius 1 is 1.21 bits per heavy atom. The molecule has 128 valence electrons. The summed E-state index contributed by atoms with van der Waals surface area (Å²) in [5.74, 6) is 1.75. The van der Waals surface area contributed by atoms with E-state index in [0.29, 0.717) is 36.5 Å². The molecule has 0 bridgehead atoms. The van der Waals surface area contributed by atoms with Crippen LogP contribution >= 0.6 is 35.6 Å². The quantitative estimate of drug-likeness (QED) is 0.417. The maximum absolute atomic E-state index is 5.90. The lowest BCUT2D eigenvalue weighted by molar-refractivity contribution is 0.297. The number of nitrogens with zero attached hydrogens (tertiary/aromatic N) is 2. The molecule has 3 N–H and O–H groups in total. The van der Waals surface area contributed by atoms with Crippen molar-refractivity contribution in [2.45, 2.75) is 13.0 Å². The van der Waals surface area contributed by atoms with Crippen molar-refractivity contribution in [3.8, 4) is 11.5 Å². The number of benzene rings is 1. The van der Waals surface area contributed by atoms with Crippen molar-refractivity contribution in [3.63, 3.8) is 0 Å². The highest BCUT2D eigenvalue weighted by Gasteiger charge is 2.10. The van der Waals surface area contributed by atoms with Crippen molar-refractivity contribution < 1.29 is 9.47 Å². The second kappa shape index (κ2) is 8.93. The highest BCUT2D eigenvalue weighted by atomic mass is 127. The Kier molecular flexibility index (Phi) is 6.92. The summed E-state index contributed by atoms with van der Waals surface area (Å²) in [5, 5.41) is 3.63. The number of anilines is 1. The summed E-state index contributed by atoms with van der Waals surface area (Å²) < 4.78 is 11.2. The summed E-state index contributed by atoms with van der Waals surface area (Å²) in [6.45, 7) is 1.68. The number of hydrogen-bond acceptors (Lipinski definition) is 4. The molecule has 6 nitrogen and oxygen atoms in total. The van der Waals surface area contributed by atoms with E-state index < -0.39 is 0 Å². The van der Waals surface area contributed by atoms with Crippen LogP contribution in [0.4, 0.5) is 5.69 Å². The van der Waals surface area contributed by atoms with E-state index in [-0.39, 0.29) is 24.0 Å². The van der Waals surface area contributed by atoms with Crippen molar-refractivity contribution >= 4 is 47.2 Å². The standard InChI is InChI=1S/C16H17ClN4O2.HI/c17-11-2-3-13(19-9-11)10-20-16(18)21-12-4-5-14-15(8-12)23-7-1-6-22-14;/h2-5,8-9H,1,6-7,10H2,(H3,18,20,21);1H. The molecule has 1 aliphatic heterocycles. The zero-order chi connectivity index (χ0) is 16.1. The lowest BCUT2D eigenvalue weighted by Gasteiger charge is -2.10. The zero-order valence-electron chi connectivity index (χ0n) is 12.9. The second-order valence-electron chi connectivity index (χ2n) is 5.01. The largest absolute Gasteiger partial charge is 0.490 e. The first-order chi connectivity index (χ1) is 11.2. The Morgan fingerprint density at radius 2 is 2.00 bits per heavy atom. The van der Waals surface area contributed by atoms with E-state index in [1.54, 1.807) is 12.3 Å². The predicted octanol–water partition coefficient (Wildman–Crippen LogP) is 3.44. The van der Waals surface area contributed by atoms with Crippen LogP contribution in [0.5, 0.6) is 11.5 Å². The number of rotatable bonds is 3. The monoisotopic (exact) mass is 460 g/mol. The van der Waals surface area contributed by atoms with Gasteiger partial charge in [-0.1, -0.05) is 11.6 Å². The number of hydrogen-bond donors (Lipinski definition) is 2. The van der Waals surface area contributed by atoms with Gasteiger partial charge in [-0.25, -0.2) is 4.99 Å². The van der Waals surface area contributed by atoms with Crippen LogP contribution in [0.15, 0.2) is 41.5 Å². The highest BCUT2D eigenvalue weighted by Crippen LogP contribution is 2.32. The van der Waals surface area contributed by atoms with Gasteiger partial charge in [-0.15, -0.1) is 24.0 Å². The van der Waals surface area contributed by atoms with Crippen molar-refractivity contribution in [1.82, 2.24) is 4.98 Å². The molecule has 0 aliphatic carbocycles. The summed E-state index contributed by atoms with van der Waals surface area (Å²) in [7, 11) is 0. The van der Waals surface area contributed by atoms with Gasteiger partial charge in [0, 0.05) is 24.4 Å². The van der Waals surface area contributed by atoms with Gasteiger partial charge in [0.2, 0.25) is 0 Å². The van der Waals surface area contributed by atoms with E-state index in [0.717, 1.165) is 23.6 Å². The molecule has 2 aromatic rings. The molecule has 0 spiro atoms. The third-order valence-corrected chi connectivity index (χ3v) is 3.44. The van der Waals surface area contributed by atoms with Crippen LogP contribution in [0.25, 0.3) is 0 Å². The van der Waals surface area contributed by atoms with Crippen molar-refractivity contribution in [3.05, 3.63) is 47.2 Å². The lowest BCUT2D eigenvalue weighted by atomic mass is 10.3. The molecule has 0 amide bonds. The predicted molar refractivity (Wildman–Crippen MR) is 106 cm³/mol. The summed E-state index contributed by atoms with van der Waals surface area (Å²) in [6, 6.07) is 9.16. The number of aromatic nitrogens is 1. The second-order valence-corrected chi connectivity index (χ2v) is 5.44. The number of nitrogens with one attached hydrogen (secondary N) is 1. The first kappa shape index (κ1) is 18.6. The van der Waals surface area contributed by atoms with Crippen LogP contribution in [0.1, 0.15) is 12.1 Å². The van der Waals surface area contributed by atoms with Crippen molar-refractivity contribution in [2.75, 3.05) is 18.5 Å². The Balaban J connectivity index is 0.00000208. The Morgan fingerprint density at radius 3 is 2.75 bits per heavy atom. The van der Waals surface area contributed by atoms with E-state index in [1.165, 1.54) is 0 Å². The van der Waals surface area contributed by atoms with Crippen LogP contribution in [-0.4, -0.2) is 24.2 Å². The summed E-state index contributed by atoms with van der Waals surface area (Å²) in [6.07, 6.45) is 2.45. The lowest BCUT2D eigenvalue weighted by Crippen LogP contribution is -2.22. The maximum atomic E-state index is 5.90. The molecule has 2 heterocycles. The van der Waals surface area contributed by atoms with Crippen LogP contribution in [0, 0.1) is 0 Å². The van der Waals surface area contributed by atoms with Gasteiger partial charge in [-0.05, 0) is 24.3 Å². The van der Waals surface area contributed by atoms with Gasteiger partial charge < -0.3 is 20.5 Å². The van der Waals surface area contributed by atoms with Gasteiger partial charge in [-0.2, -0.15) is 0 Å². The smallest absolute Gasteiger partial charge is 0.193 e. The summed E-state index contributed by atoms with van der Waals surface area (Å²) >= 11 is 5.79. The zero-order valence-corrected chi connectivity index (χ0v) is 16.0. The molecule has 0 saturated carbocycles. The summed E-state index contributed by atoms with van der Waals surface area (Å²) in [4.78, 5) is 8.42. The van der Waals surface area contributed by atoms with E-state index in [4.69, 9.17) is 26.8 Å². The highest BCUT2D eigenvalue weighted by molar-refractivity contribution is 14.0. The van der Waals surface area contributed by atoms with Crippen LogP contribution in [0.3, 0.4) is 0 Å². The molecule has 1 aromatic carbocycles. The van der Waals surface area contributed by atoms with Gasteiger partial charge in [-0.3, -0.25) is 4.98 Å². The fraction of sp³-hybridized carbons (Fsp3) is 0.250. The SMILES string of the molecule is I.NC(=NCc1ccc(Cl)cn1)Nc1ccc2c(c1)OCCCO2. The molecule has 0 fully saturated rings. The maximum Gasteiger partial charge on any atom is 0.193 e. The van der Waals surface area contributed by atoms with Gasteiger partial charge in [0.15, 0.2) is 17.5 Å². The minimum Gasteiger partial charge on any atom is -0.490 e. The molecule has 0 saturated heterocycles. The average molecular weight is 461 g/mol. The van der Waals surface area contributed by atoms with Crippen molar-refractivity contribution in [2.24, 2.45) is 10.7 Å². The van der Waals surface area contributed by atoms with E-state index in [2.05, 4.69) is 15.3 Å². The molecule has 0 atom stereocenters. The van der Waals surface area contributed by atoms with Crippen LogP contribution < -0.4 is 20.5 Å². The topological polar surface area (TPSA) is 81.8 Å². The Hall–Kier alpha value is -1.74. The van der Waals surface area contributed by atoms with Crippen LogP contribution in [0.2, 0.25) is 5.02 Å². The molecule has 0 radical (unpaired) electrons. The minimum absolute atomic E-state index is 0. The Labute approximate surface area is 162 Å². The fourth-order valence-corrected chi connectivity index (χ4v) is 2.21. The number of fused-ring (bicyclic) bond motifs is 1. The Bertz CT molecular complexity index is 710. The molecule has 1 aromatic heterocycles. The van der Waals surface area contributed by atoms with E-state index in [1.807, 2.05) is 24.3 Å². The number of aliphatic imine (C=N–C) groups is 1. The van der Waals surface area contributed by atoms with Gasteiger partial charge in [0.25, 0.3) is 0 Å². The molecule has 8 heteroatoms. The fourth-order valence-electron chi connectivity index (χ4n) is 2.09. The third-order valence-electron chi connectivity index (χ3n) is 3.22. The average Bonchev–Trinajstić information content (AvgIpc) is 2.79. The minimum atomic E-state index is 0. The van der Waals surface area contributed by atoms with Gasteiger partial charge in [0.05, 0.1) is 30.5 Å². The molecular weight excluding hydrogens is 443 g/mol.